The zero-order valence-corrected chi connectivity index (χ0v) is 12.9. The molecular weight excluding hydrogens is 292 g/mol. The van der Waals surface area contributed by atoms with Crippen molar-refractivity contribution in [3.8, 4) is 5.69 Å². The van der Waals surface area contributed by atoms with Crippen molar-refractivity contribution in [2.75, 3.05) is 0 Å². The van der Waals surface area contributed by atoms with Crippen molar-refractivity contribution in [3.05, 3.63) is 65.7 Å². The first-order valence-corrected chi connectivity index (χ1v) is 8.35. The Morgan fingerprint density at radius 2 is 1.73 bits per heavy atom. The number of para-hydroxylation sites is 1. The molecule has 0 amide bonds. The summed E-state index contributed by atoms with van der Waals surface area (Å²) in [7, 11) is 0. The van der Waals surface area contributed by atoms with Crippen LogP contribution in [-0.4, -0.2) is 25.5 Å². The fraction of sp³-hybridized carbons (Fsp3) is 0.235. The van der Waals surface area contributed by atoms with Crippen molar-refractivity contribution in [3.63, 3.8) is 0 Å². The number of nitrogens with zero attached hydrogens (tertiary/aromatic N) is 4. The molecule has 1 heterocycles. The van der Waals surface area contributed by atoms with Crippen LogP contribution in [-0.2, 0) is 12.8 Å². The Labute approximate surface area is 133 Å². The fourth-order valence-electron chi connectivity index (χ4n) is 2.90. The van der Waals surface area contributed by atoms with Gasteiger partial charge in [0.05, 0.1) is 5.69 Å². The topological polar surface area (TPSA) is 43.6 Å². The van der Waals surface area contributed by atoms with Crippen molar-refractivity contribution in [1.82, 2.24) is 20.2 Å². The molecule has 0 aliphatic heterocycles. The molecule has 0 N–H and O–H groups in total. The monoisotopic (exact) mass is 308 g/mol. The van der Waals surface area contributed by atoms with E-state index in [1.807, 2.05) is 35.0 Å². The Morgan fingerprint density at radius 3 is 2.59 bits per heavy atom. The smallest absolute Gasteiger partial charge is 0.188 e. The normalized spacial score (nSPS) is 17.2. The highest BCUT2D eigenvalue weighted by atomic mass is 32.2. The summed E-state index contributed by atoms with van der Waals surface area (Å²) in [6.07, 6.45) is 3.40. The van der Waals surface area contributed by atoms with E-state index in [-0.39, 0.29) is 0 Å². The predicted octanol–water partition coefficient (Wildman–Crippen LogP) is 3.31. The Kier molecular flexibility index (Phi) is 3.64. The lowest BCUT2D eigenvalue weighted by atomic mass is 9.92. The van der Waals surface area contributed by atoms with Crippen LogP contribution in [0.5, 0.6) is 0 Å². The van der Waals surface area contributed by atoms with Crippen LogP contribution in [0.1, 0.15) is 17.5 Å². The second kappa shape index (κ2) is 5.93. The van der Waals surface area contributed by atoms with Gasteiger partial charge in [0.15, 0.2) is 0 Å². The van der Waals surface area contributed by atoms with E-state index in [4.69, 9.17) is 0 Å². The molecule has 2 aromatic carbocycles. The summed E-state index contributed by atoms with van der Waals surface area (Å²) >= 11 is 1.78. The molecule has 1 aromatic heterocycles. The van der Waals surface area contributed by atoms with Crippen molar-refractivity contribution >= 4 is 11.8 Å². The van der Waals surface area contributed by atoms with Crippen LogP contribution in [0.15, 0.2) is 59.8 Å². The standard InChI is InChI=1S/C17H16N4S/c1-2-8-15(9-3-1)21-17(18-19-20-21)22-16-11-10-13-6-4-5-7-14(13)12-16/h1-9,16H,10-12H2. The van der Waals surface area contributed by atoms with E-state index in [1.54, 1.807) is 11.8 Å². The van der Waals surface area contributed by atoms with E-state index in [0.29, 0.717) is 5.25 Å². The maximum Gasteiger partial charge on any atom is 0.214 e. The fourth-order valence-corrected chi connectivity index (χ4v) is 4.02. The summed E-state index contributed by atoms with van der Waals surface area (Å²) in [5, 5.41) is 13.6. The van der Waals surface area contributed by atoms with Crippen molar-refractivity contribution < 1.29 is 0 Å². The van der Waals surface area contributed by atoms with Crippen molar-refractivity contribution in [1.29, 1.82) is 0 Å². The van der Waals surface area contributed by atoms with Gasteiger partial charge in [-0.1, -0.05) is 54.2 Å². The van der Waals surface area contributed by atoms with Crippen molar-refractivity contribution in [2.45, 2.75) is 29.7 Å². The molecule has 0 saturated carbocycles. The third kappa shape index (κ3) is 2.64. The number of fused-ring (bicyclic) bond motifs is 1. The van der Waals surface area contributed by atoms with Gasteiger partial charge in [0.2, 0.25) is 5.16 Å². The van der Waals surface area contributed by atoms with Gasteiger partial charge in [0.1, 0.15) is 0 Å². The predicted molar refractivity (Wildman–Crippen MR) is 87.3 cm³/mol. The Bertz CT molecular complexity index is 769. The minimum absolute atomic E-state index is 0.531. The Balaban J connectivity index is 1.55. The third-order valence-electron chi connectivity index (χ3n) is 4.02. The molecule has 22 heavy (non-hydrogen) atoms. The summed E-state index contributed by atoms with van der Waals surface area (Å²) in [5.41, 5.74) is 3.96. The van der Waals surface area contributed by atoms with E-state index in [2.05, 4.69) is 39.8 Å². The lowest BCUT2D eigenvalue weighted by Crippen LogP contribution is -2.17. The number of hydrogen-bond acceptors (Lipinski definition) is 4. The van der Waals surface area contributed by atoms with Gasteiger partial charge in [-0.05, 0) is 52.9 Å². The number of aromatic nitrogens is 4. The molecule has 1 unspecified atom stereocenters. The molecule has 110 valence electrons. The second-order valence-corrected chi connectivity index (χ2v) is 6.73. The largest absolute Gasteiger partial charge is 0.214 e. The van der Waals surface area contributed by atoms with Gasteiger partial charge < -0.3 is 0 Å². The summed E-state index contributed by atoms with van der Waals surface area (Å²) in [4.78, 5) is 0. The minimum atomic E-state index is 0.531. The summed E-state index contributed by atoms with van der Waals surface area (Å²) < 4.78 is 1.82. The van der Waals surface area contributed by atoms with Crippen LogP contribution in [0.25, 0.3) is 5.69 Å². The Morgan fingerprint density at radius 1 is 0.955 bits per heavy atom. The molecule has 1 atom stereocenters. The number of aryl methyl sites for hydroxylation is 1. The van der Waals surface area contributed by atoms with Crippen LogP contribution in [0.2, 0.25) is 0 Å². The van der Waals surface area contributed by atoms with E-state index < -0.39 is 0 Å². The molecule has 0 spiro atoms. The second-order valence-electron chi connectivity index (χ2n) is 5.46. The highest BCUT2D eigenvalue weighted by Crippen LogP contribution is 2.32. The number of hydrogen-bond donors (Lipinski definition) is 0. The van der Waals surface area contributed by atoms with Crippen LogP contribution < -0.4 is 0 Å². The van der Waals surface area contributed by atoms with Gasteiger partial charge in [0, 0.05) is 5.25 Å². The number of rotatable bonds is 3. The molecular formula is C17H16N4S. The number of benzene rings is 2. The molecule has 1 aliphatic carbocycles. The minimum Gasteiger partial charge on any atom is -0.188 e. The zero-order valence-electron chi connectivity index (χ0n) is 12.1. The molecule has 0 radical (unpaired) electrons. The average Bonchev–Trinajstić information content (AvgIpc) is 3.04. The highest BCUT2D eigenvalue weighted by Gasteiger charge is 2.22. The lowest BCUT2D eigenvalue weighted by molar-refractivity contribution is 0.694. The maximum absolute atomic E-state index is 4.21. The summed E-state index contributed by atoms with van der Waals surface area (Å²) in [5.74, 6) is 0. The van der Waals surface area contributed by atoms with Gasteiger partial charge >= 0.3 is 0 Å². The van der Waals surface area contributed by atoms with Crippen molar-refractivity contribution in [2.24, 2.45) is 0 Å². The quantitative estimate of drug-likeness (QED) is 0.744. The van der Waals surface area contributed by atoms with E-state index in [0.717, 1.165) is 23.7 Å². The molecule has 4 nitrogen and oxygen atoms in total. The molecule has 5 heteroatoms. The Hall–Kier alpha value is -2.14. The van der Waals surface area contributed by atoms with Gasteiger partial charge in [0.25, 0.3) is 0 Å². The maximum atomic E-state index is 4.21. The molecule has 0 fully saturated rings. The average molecular weight is 308 g/mol. The van der Waals surface area contributed by atoms with Crippen LogP contribution in [0, 0.1) is 0 Å². The lowest BCUT2D eigenvalue weighted by Gasteiger charge is -2.23. The van der Waals surface area contributed by atoms with E-state index in [1.165, 1.54) is 17.5 Å². The van der Waals surface area contributed by atoms with Gasteiger partial charge in [-0.3, -0.25) is 0 Å². The van der Waals surface area contributed by atoms with Gasteiger partial charge in [-0.25, -0.2) is 0 Å². The number of thioether (sulfide) groups is 1. The molecule has 0 saturated heterocycles. The third-order valence-corrected chi connectivity index (χ3v) is 5.22. The van der Waals surface area contributed by atoms with Gasteiger partial charge in [-0.15, -0.1) is 5.10 Å². The van der Waals surface area contributed by atoms with Crippen LogP contribution in [0.3, 0.4) is 0 Å². The highest BCUT2D eigenvalue weighted by molar-refractivity contribution is 7.99. The summed E-state index contributed by atoms with van der Waals surface area (Å²) in [6, 6.07) is 18.8. The summed E-state index contributed by atoms with van der Waals surface area (Å²) in [6.45, 7) is 0. The van der Waals surface area contributed by atoms with Gasteiger partial charge in [-0.2, -0.15) is 4.68 Å². The first-order chi connectivity index (χ1) is 10.9. The van der Waals surface area contributed by atoms with Crippen LogP contribution >= 0.6 is 11.8 Å². The zero-order chi connectivity index (χ0) is 14.8. The SMILES string of the molecule is c1ccc(-n2nnnc2SC2CCc3ccccc3C2)cc1. The first-order valence-electron chi connectivity index (χ1n) is 7.47. The molecule has 1 aliphatic rings. The number of tetrazole rings is 1. The molecule has 4 rings (SSSR count). The van der Waals surface area contributed by atoms with Crippen LogP contribution in [0.4, 0.5) is 0 Å². The van der Waals surface area contributed by atoms with E-state index >= 15 is 0 Å². The van der Waals surface area contributed by atoms with E-state index in [9.17, 15) is 0 Å². The molecule has 3 aromatic rings. The first kappa shape index (κ1) is 13.5. The molecule has 0 bridgehead atoms.